The summed E-state index contributed by atoms with van der Waals surface area (Å²) in [5.74, 6) is -0.225. The third kappa shape index (κ3) is 3.32. The molecule has 1 aromatic rings. The summed E-state index contributed by atoms with van der Waals surface area (Å²) in [6.07, 6.45) is -0.359. The maximum Gasteiger partial charge on any atom is 0.192 e. The van der Waals surface area contributed by atoms with Crippen LogP contribution < -0.4 is 4.74 Å². The quantitative estimate of drug-likeness (QED) is 0.682. The minimum absolute atomic E-state index is 0.0318. The number of hydrogen-bond donors (Lipinski definition) is 0. The van der Waals surface area contributed by atoms with E-state index in [0.29, 0.717) is 0 Å². The van der Waals surface area contributed by atoms with Crippen LogP contribution in [0.25, 0.3) is 0 Å². The highest BCUT2D eigenvalue weighted by Gasteiger charge is 2.02. The molecule has 0 radical (unpaired) electrons. The number of halogens is 1. The highest BCUT2D eigenvalue weighted by atomic mass is 19.1. The van der Waals surface area contributed by atoms with Gasteiger partial charge < -0.3 is 14.2 Å². The Morgan fingerprint density at radius 1 is 1.36 bits per heavy atom. The zero-order chi connectivity index (χ0) is 10.4. The second-order valence-electron chi connectivity index (χ2n) is 2.66. The number of ether oxygens (including phenoxy) is 3. The summed E-state index contributed by atoms with van der Waals surface area (Å²) in [7, 11) is 1.52. The second kappa shape index (κ2) is 5.57. The van der Waals surface area contributed by atoms with E-state index >= 15 is 0 Å². The van der Waals surface area contributed by atoms with Gasteiger partial charge in [0, 0.05) is 7.11 Å². The van der Waals surface area contributed by atoms with Gasteiger partial charge in [0.1, 0.15) is 0 Å². The maximum atomic E-state index is 13.0. The van der Waals surface area contributed by atoms with Crippen molar-refractivity contribution in [3.63, 3.8) is 0 Å². The van der Waals surface area contributed by atoms with Crippen molar-refractivity contribution in [1.82, 2.24) is 0 Å². The molecule has 0 heterocycles. The third-order valence-corrected chi connectivity index (χ3v) is 1.69. The molecule has 4 heteroatoms. The van der Waals surface area contributed by atoms with E-state index < -0.39 is 5.82 Å². The molecule has 1 unspecified atom stereocenters. The highest BCUT2D eigenvalue weighted by Crippen LogP contribution is 2.15. The smallest absolute Gasteiger partial charge is 0.192 e. The van der Waals surface area contributed by atoms with E-state index in [1.54, 1.807) is 19.1 Å². The van der Waals surface area contributed by atoms with Gasteiger partial charge in [-0.2, -0.15) is 0 Å². The van der Waals surface area contributed by atoms with E-state index in [-0.39, 0.29) is 18.8 Å². The van der Waals surface area contributed by atoms with Crippen LogP contribution >= 0.6 is 0 Å². The summed E-state index contributed by atoms with van der Waals surface area (Å²) in [5.41, 5.74) is 0. The lowest BCUT2D eigenvalue weighted by atomic mass is 10.3. The first-order valence-electron chi connectivity index (χ1n) is 4.25. The Bertz CT molecular complexity index is 278. The summed E-state index contributed by atoms with van der Waals surface area (Å²) in [5, 5.41) is 0. The zero-order valence-electron chi connectivity index (χ0n) is 8.20. The van der Waals surface area contributed by atoms with Gasteiger partial charge in [-0.05, 0) is 19.1 Å². The number of hydrogen-bond acceptors (Lipinski definition) is 3. The molecule has 78 valence electrons. The Morgan fingerprint density at radius 3 is 2.71 bits per heavy atom. The van der Waals surface area contributed by atoms with Crippen molar-refractivity contribution in [1.29, 1.82) is 0 Å². The van der Waals surface area contributed by atoms with Crippen LogP contribution in [0.3, 0.4) is 0 Å². The molecule has 0 bridgehead atoms. The van der Waals surface area contributed by atoms with Gasteiger partial charge in [-0.25, -0.2) is 4.39 Å². The van der Waals surface area contributed by atoms with E-state index in [0.717, 1.165) is 0 Å². The van der Waals surface area contributed by atoms with E-state index in [4.69, 9.17) is 14.2 Å². The van der Waals surface area contributed by atoms with Crippen molar-refractivity contribution in [3.05, 3.63) is 30.1 Å². The Hall–Kier alpha value is -1.13. The number of rotatable bonds is 5. The fourth-order valence-electron chi connectivity index (χ4n) is 0.823. The number of para-hydroxylation sites is 1. The fraction of sp³-hybridized carbons (Fsp3) is 0.400. The van der Waals surface area contributed by atoms with Crippen molar-refractivity contribution in [2.24, 2.45) is 0 Å². The average Bonchev–Trinajstić information content (AvgIpc) is 2.20. The SMILES string of the molecule is COC(C)OCOc1ccccc1F. The first-order chi connectivity index (χ1) is 6.74. The fourth-order valence-corrected chi connectivity index (χ4v) is 0.823. The number of methoxy groups -OCH3 is 1. The second-order valence-corrected chi connectivity index (χ2v) is 2.66. The first-order valence-corrected chi connectivity index (χ1v) is 4.25. The molecule has 0 N–H and O–H groups in total. The lowest BCUT2D eigenvalue weighted by Gasteiger charge is -2.12. The summed E-state index contributed by atoms with van der Waals surface area (Å²) in [6.45, 7) is 1.70. The molecule has 0 fully saturated rings. The van der Waals surface area contributed by atoms with E-state index in [1.165, 1.54) is 19.2 Å². The molecule has 0 aliphatic carbocycles. The maximum absolute atomic E-state index is 13.0. The molecule has 0 spiro atoms. The summed E-state index contributed by atoms with van der Waals surface area (Å²) in [6, 6.07) is 6.16. The third-order valence-electron chi connectivity index (χ3n) is 1.69. The zero-order valence-corrected chi connectivity index (χ0v) is 8.20. The molecular weight excluding hydrogens is 187 g/mol. The Labute approximate surface area is 82.4 Å². The molecule has 14 heavy (non-hydrogen) atoms. The van der Waals surface area contributed by atoms with Crippen molar-refractivity contribution in [3.8, 4) is 5.75 Å². The highest BCUT2D eigenvalue weighted by molar-refractivity contribution is 5.23. The van der Waals surface area contributed by atoms with Crippen LogP contribution in [0.2, 0.25) is 0 Å². The van der Waals surface area contributed by atoms with Crippen LogP contribution in [0, 0.1) is 5.82 Å². The molecule has 0 amide bonds. The summed E-state index contributed by atoms with van der Waals surface area (Å²) < 4.78 is 27.9. The molecule has 0 aliphatic heterocycles. The summed E-state index contributed by atoms with van der Waals surface area (Å²) in [4.78, 5) is 0. The van der Waals surface area contributed by atoms with Crippen LogP contribution in [0.4, 0.5) is 4.39 Å². The van der Waals surface area contributed by atoms with E-state index in [1.807, 2.05) is 0 Å². The standard InChI is InChI=1S/C10H13FO3/c1-8(12-2)13-7-14-10-6-4-3-5-9(10)11/h3-6,8H,7H2,1-2H3. The Balaban J connectivity index is 2.35. The molecule has 0 aromatic heterocycles. The molecule has 1 aromatic carbocycles. The van der Waals surface area contributed by atoms with Gasteiger partial charge in [0.2, 0.25) is 0 Å². The molecule has 0 aliphatic rings. The van der Waals surface area contributed by atoms with Crippen molar-refractivity contribution >= 4 is 0 Å². The molecule has 0 saturated carbocycles. The van der Waals surface area contributed by atoms with Crippen LogP contribution in [0.5, 0.6) is 5.75 Å². The van der Waals surface area contributed by atoms with E-state index in [9.17, 15) is 4.39 Å². The average molecular weight is 200 g/mol. The predicted octanol–water partition coefficient (Wildman–Crippen LogP) is 2.17. The van der Waals surface area contributed by atoms with Crippen LogP contribution in [-0.2, 0) is 9.47 Å². The first kappa shape index (κ1) is 10.9. The van der Waals surface area contributed by atoms with Gasteiger partial charge >= 0.3 is 0 Å². The lowest BCUT2D eigenvalue weighted by Crippen LogP contribution is -2.14. The molecule has 1 rings (SSSR count). The Morgan fingerprint density at radius 2 is 2.07 bits per heavy atom. The van der Waals surface area contributed by atoms with Crippen molar-refractivity contribution in [2.75, 3.05) is 13.9 Å². The lowest BCUT2D eigenvalue weighted by molar-refractivity contribution is -0.150. The van der Waals surface area contributed by atoms with Crippen LogP contribution in [-0.4, -0.2) is 20.2 Å². The predicted molar refractivity (Wildman–Crippen MR) is 49.5 cm³/mol. The van der Waals surface area contributed by atoms with Crippen molar-refractivity contribution in [2.45, 2.75) is 13.2 Å². The minimum atomic E-state index is -0.402. The van der Waals surface area contributed by atoms with Crippen molar-refractivity contribution < 1.29 is 18.6 Å². The molecule has 1 atom stereocenters. The van der Waals surface area contributed by atoms with Crippen LogP contribution in [0.1, 0.15) is 6.92 Å². The molecular formula is C10H13FO3. The number of benzene rings is 1. The normalized spacial score (nSPS) is 12.5. The molecule has 0 saturated heterocycles. The molecule has 3 nitrogen and oxygen atoms in total. The van der Waals surface area contributed by atoms with Gasteiger partial charge in [-0.15, -0.1) is 0 Å². The monoisotopic (exact) mass is 200 g/mol. The largest absolute Gasteiger partial charge is 0.464 e. The Kier molecular flexibility index (Phi) is 4.35. The van der Waals surface area contributed by atoms with Gasteiger partial charge in [-0.3, -0.25) is 0 Å². The topological polar surface area (TPSA) is 27.7 Å². The van der Waals surface area contributed by atoms with Gasteiger partial charge in [0.15, 0.2) is 24.6 Å². The van der Waals surface area contributed by atoms with Gasteiger partial charge in [0.05, 0.1) is 0 Å². The summed E-state index contributed by atoms with van der Waals surface area (Å²) >= 11 is 0. The van der Waals surface area contributed by atoms with Gasteiger partial charge in [-0.1, -0.05) is 12.1 Å². The van der Waals surface area contributed by atoms with Gasteiger partial charge in [0.25, 0.3) is 0 Å². The minimum Gasteiger partial charge on any atom is -0.464 e. The van der Waals surface area contributed by atoms with E-state index in [2.05, 4.69) is 0 Å². The van der Waals surface area contributed by atoms with Crippen LogP contribution in [0.15, 0.2) is 24.3 Å².